The summed E-state index contributed by atoms with van der Waals surface area (Å²) in [4.78, 5) is 15.4. The van der Waals surface area contributed by atoms with Crippen LogP contribution in [0.2, 0.25) is 0 Å². The van der Waals surface area contributed by atoms with E-state index in [1.807, 2.05) is 0 Å². The third kappa shape index (κ3) is 2.93. The molecule has 0 radical (unpaired) electrons. The standard InChI is InChI=1S/C12H16BrNOS/c1-2-9-6-14(4-3-12(9)15)7-11-5-10(13)8-16-11/h5,8-9H,2-4,6-7H2,1H3. The van der Waals surface area contributed by atoms with Crippen LogP contribution in [-0.4, -0.2) is 23.8 Å². The molecule has 16 heavy (non-hydrogen) atoms. The molecule has 2 nitrogen and oxygen atoms in total. The summed E-state index contributed by atoms with van der Waals surface area (Å²) in [5.41, 5.74) is 0. The van der Waals surface area contributed by atoms with Crippen molar-refractivity contribution >= 4 is 33.0 Å². The van der Waals surface area contributed by atoms with Crippen LogP contribution in [-0.2, 0) is 11.3 Å². The lowest BCUT2D eigenvalue weighted by molar-refractivity contribution is -0.126. The van der Waals surface area contributed by atoms with Crippen molar-refractivity contribution in [3.8, 4) is 0 Å². The van der Waals surface area contributed by atoms with Gasteiger partial charge in [0.15, 0.2) is 0 Å². The van der Waals surface area contributed by atoms with E-state index in [1.54, 1.807) is 11.3 Å². The number of Topliss-reactive ketones (excluding diaryl/α,β-unsaturated/α-hetero) is 1. The summed E-state index contributed by atoms with van der Waals surface area (Å²) in [6.45, 7) is 4.95. The minimum absolute atomic E-state index is 0.261. The lowest BCUT2D eigenvalue weighted by Gasteiger charge is -2.30. The van der Waals surface area contributed by atoms with E-state index in [2.05, 4.69) is 39.2 Å². The van der Waals surface area contributed by atoms with Crippen LogP contribution in [0.4, 0.5) is 0 Å². The molecule has 1 aliphatic rings. The zero-order valence-electron chi connectivity index (χ0n) is 9.41. The summed E-state index contributed by atoms with van der Waals surface area (Å²) in [6.07, 6.45) is 1.70. The van der Waals surface area contributed by atoms with E-state index in [1.165, 1.54) is 4.88 Å². The molecule has 4 heteroatoms. The predicted octanol–water partition coefficient (Wildman–Crippen LogP) is 3.31. The van der Waals surface area contributed by atoms with Crippen LogP contribution in [0.25, 0.3) is 0 Å². The van der Waals surface area contributed by atoms with Gasteiger partial charge in [0.25, 0.3) is 0 Å². The Labute approximate surface area is 109 Å². The van der Waals surface area contributed by atoms with Crippen molar-refractivity contribution in [1.29, 1.82) is 0 Å². The van der Waals surface area contributed by atoms with Crippen molar-refractivity contribution < 1.29 is 4.79 Å². The van der Waals surface area contributed by atoms with E-state index >= 15 is 0 Å². The normalized spacial score (nSPS) is 22.6. The van der Waals surface area contributed by atoms with Crippen LogP contribution >= 0.6 is 27.3 Å². The number of halogens is 1. The minimum Gasteiger partial charge on any atom is -0.299 e. The molecule has 1 atom stereocenters. The fraction of sp³-hybridized carbons (Fsp3) is 0.583. The highest BCUT2D eigenvalue weighted by molar-refractivity contribution is 9.10. The van der Waals surface area contributed by atoms with Crippen LogP contribution in [0.1, 0.15) is 24.6 Å². The van der Waals surface area contributed by atoms with Crippen LogP contribution in [0.15, 0.2) is 15.9 Å². The third-order valence-corrected chi connectivity index (χ3v) is 4.78. The number of likely N-dealkylation sites (tertiary alicyclic amines) is 1. The number of rotatable bonds is 3. The predicted molar refractivity (Wildman–Crippen MR) is 70.7 cm³/mol. The Morgan fingerprint density at radius 2 is 2.44 bits per heavy atom. The van der Waals surface area contributed by atoms with Crippen LogP contribution in [0, 0.1) is 5.92 Å². The Balaban J connectivity index is 1.93. The first-order chi connectivity index (χ1) is 7.69. The summed E-state index contributed by atoms with van der Waals surface area (Å²) >= 11 is 5.25. The molecule has 1 aliphatic heterocycles. The number of carbonyl (C=O) groups is 1. The fourth-order valence-corrected chi connectivity index (χ4v) is 3.63. The fourth-order valence-electron chi connectivity index (χ4n) is 2.13. The number of hydrogen-bond acceptors (Lipinski definition) is 3. The molecule has 0 N–H and O–H groups in total. The molecular weight excluding hydrogens is 286 g/mol. The van der Waals surface area contributed by atoms with Gasteiger partial charge in [0.2, 0.25) is 0 Å². The second-order valence-electron chi connectivity index (χ2n) is 4.29. The van der Waals surface area contributed by atoms with Gasteiger partial charge in [-0.15, -0.1) is 11.3 Å². The summed E-state index contributed by atoms with van der Waals surface area (Å²) in [5, 5.41) is 2.11. The topological polar surface area (TPSA) is 20.3 Å². The maximum Gasteiger partial charge on any atom is 0.138 e. The monoisotopic (exact) mass is 301 g/mol. The highest BCUT2D eigenvalue weighted by Gasteiger charge is 2.25. The van der Waals surface area contributed by atoms with Crippen LogP contribution < -0.4 is 0 Å². The Morgan fingerprint density at radius 3 is 3.06 bits per heavy atom. The summed E-state index contributed by atoms with van der Waals surface area (Å²) in [7, 11) is 0. The average Bonchev–Trinajstić information content (AvgIpc) is 2.67. The van der Waals surface area contributed by atoms with E-state index < -0.39 is 0 Å². The zero-order valence-corrected chi connectivity index (χ0v) is 11.8. The van der Waals surface area contributed by atoms with E-state index in [9.17, 15) is 4.79 Å². The molecule has 0 spiro atoms. The molecular formula is C12H16BrNOS. The van der Waals surface area contributed by atoms with E-state index in [4.69, 9.17) is 0 Å². The van der Waals surface area contributed by atoms with Gasteiger partial charge in [-0.3, -0.25) is 9.69 Å². The molecule has 0 bridgehead atoms. The molecule has 1 saturated heterocycles. The molecule has 0 amide bonds. The van der Waals surface area contributed by atoms with Crippen LogP contribution in [0.5, 0.6) is 0 Å². The second kappa shape index (κ2) is 5.43. The molecule has 0 aromatic carbocycles. The second-order valence-corrected chi connectivity index (χ2v) is 6.20. The first-order valence-corrected chi connectivity index (χ1v) is 7.34. The molecule has 2 rings (SSSR count). The van der Waals surface area contributed by atoms with Crippen molar-refractivity contribution in [1.82, 2.24) is 4.90 Å². The molecule has 1 aromatic rings. The Kier molecular flexibility index (Phi) is 4.16. The molecule has 0 aliphatic carbocycles. The first kappa shape index (κ1) is 12.3. The third-order valence-electron chi connectivity index (χ3n) is 3.10. The number of carbonyl (C=O) groups excluding carboxylic acids is 1. The van der Waals surface area contributed by atoms with Crippen molar-refractivity contribution in [2.75, 3.05) is 13.1 Å². The number of hydrogen-bond donors (Lipinski definition) is 0. The maximum absolute atomic E-state index is 11.6. The van der Waals surface area contributed by atoms with Crippen molar-refractivity contribution in [2.24, 2.45) is 5.92 Å². The maximum atomic E-state index is 11.6. The van der Waals surface area contributed by atoms with Gasteiger partial charge in [-0.05, 0) is 28.4 Å². The molecule has 0 saturated carbocycles. The quantitative estimate of drug-likeness (QED) is 0.854. The lowest BCUT2D eigenvalue weighted by atomic mass is 9.94. The van der Waals surface area contributed by atoms with Crippen LogP contribution in [0.3, 0.4) is 0 Å². The Hall–Kier alpha value is -0.190. The number of ketones is 1. The zero-order chi connectivity index (χ0) is 11.5. The largest absolute Gasteiger partial charge is 0.299 e. The van der Waals surface area contributed by atoms with Gasteiger partial charge in [0, 0.05) is 46.7 Å². The van der Waals surface area contributed by atoms with E-state index in [0.717, 1.165) is 36.9 Å². The molecule has 1 fully saturated rings. The van der Waals surface area contributed by atoms with Gasteiger partial charge < -0.3 is 0 Å². The smallest absolute Gasteiger partial charge is 0.138 e. The van der Waals surface area contributed by atoms with E-state index in [0.29, 0.717) is 5.78 Å². The van der Waals surface area contributed by atoms with Gasteiger partial charge in [0.1, 0.15) is 5.78 Å². The van der Waals surface area contributed by atoms with Gasteiger partial charge in [-0.25, -0.2) is 0 Å². The molecule has 88 valence electrons. The summed E-state index contributed by atoms with van der Waals surface area (Å²) in [5.74, 6) is 0.711. The highest BCUT2D eigenvalue weighted by Crippen LogP contribution is 2.23. The Morgan fingerprint density at radius 1 is 1.62 bits per heavy atom. The SMILES string of the molecule is CCC1CN(Cc2cc(Br)cs2)CCC1=O. The van der Waals surface area contributed by atoms with Gasteiger partial charge >= 0.3 is 0 Å². The first-order valence-electron chi connectivity index (χ1n) is 5.67. The van der Waals surface area contributed by atoms with Gasteiger partial charge in [0.05, 0.1) is 0 Å². The minimum atomic E-state index is 0.261. The highest BCUT2D eigenvalue weighted by atomic mass is 79.9. The van der Waals surface area contributed by atoms with Gasteiger partial charge in [-0.1, -0.05) is 6.92 Å². The van der Waals surface area contributed by atoms with E-state index in [-0.39, 0.29) is 5.92 Å². The number of piperidine rings is 1. The lowest BCUT2D eigenvalue weighted by Crippen LogP contribution is -2.39. The molecule has 2 heterocycles. The average molecular weight is 302 g/mol. The van der Waals surface area contributed by atoms with Crippen molar-refractivity contribution in [3.05, 3.63) is 20.8 Å². The van der Waals surface area contributed by atoms with Crippen molar-refractivity contribution in [3.63, 3.8) is 0 Å². The Bertz CT molecular complexity index is 377. The molecule has 1 unspecified atom stereocenters. The summed E-state index contributed by atoms with van der Waals surface area (Å²) < 4.78 is 1.16. The molecule has 1 aromatic heterocycles. The van der Waals surface area contributed by atoms with Gasteiger partial charge in [-0.2, -0.15) is 0 Å². The number of thiophene rings is 1. The number of nitrogens with zero attached hydrogens (tertiary/aromatic N) is 1. The van der Waals surface area contributed by atoms with Crippen molar-refractivity contribution in [2.45, 2.75) is 26.3 Å². The summed E-state index contributed by atoms with van der Waals surface area (Å²) in [6, 6.07) is 2.17.